The van der Waals surface area contributed by atoms with Gasteiger partial charge in [0, 0.05) is 37.3 Å². The summed E-state index contributed by atoms with van der Waals surface area (Å²) in [6.45, 7) is 2.29. The van der Waals surface area contributed by atoms with E-state index in [0.717, 1.165) is 19.5 Å². The molecule has 6 nitrogen and oxygen atoms in total. The van der Waals surface area contributed by atoms with Crippen LogP contribution in [0.3, 0.4) is 0 Å². The molecule has 0 aliphatic carbocycles. The molecule has 2 aliphatic heterocycles. The number of hydrogen-bond donors (Lipinski definition) is 2. The highest BCUT2D eigenvalue weighted by molar-refractivity contribution is 5.94. The number of carbonyl (C=O) groups is 1. The standard InChI is InChI=1S/C17H23FN2O4/c1-23-16-6-11(2-3-15(16)18)17(22)19-12-7-13-10-24-14(4-5-21)9-20(13)8-12/h2-3,6,12-14,21H,4-5,7-10H2,1H3,(H,19,22)/t12-,13-,14-/m0/s1. The van der Waals surface area contributed by atoms with E-state index in [9.17, 15) is 9.18 Å². The number of ether oxygens (including phenoxy) is 2. The molecule has 2 aliphatic rings. The van der Waals surface area contributed by atoms with Gasteiger partial charge in [-0.05, 0) is 31.0 Å². The molecule has 0 saturated carbocycles. The number of benzene rings is 1. The molecule has 132 valence electrons. The Bertz CT molecular complexity index is 598. The molecule has 7 heteroatoms. The molecule has 0 aromatic heterocycles. The van der Waals surface area contributed by atoms with Crippen molar-refractivity contribution < 1.29 is 23.8 Å². The first kappa shape index (κ1) is 17.1. The minimum absolute atomic E-state index is 0.0371. The number of halogens is 1. The van der Waals surface area contributed by atoms with Crippen LogP contribution >= 0.6 is 0 Å². The van der Waals surface area contributed by atoms with Crippen molar-refractivity contribution in [2.75, 3.05) is 33.4 Å². The fraction of sp³-hybridized carbons (Fsp3) is 0.588. The molecule has 24 heavy (non-hydrogen) atoms. The van der Waals surface area contributed by atoms with Crippen molar-refractivity contribution in [3.05, 3.63) is 29.6 Å². The zero-order valence-corrected chi connectivity index (χ0v) is 13.7. The van der Waals surface area contributed by atoms with Gasteiger partial charge in [0.05, 0.1) is 19.8 Å². The van der Waals surface area contributed by atoms with Crippen LogP contribution in [-0.2, 0) is 4.74 Å². The maximum Gasteiger partial charge on any atom is 0.251 e. The number of carbonyl (C=O) groups excluding carboxylic acids is 1. The number of aliphatic hydroxyl groups excluding tert-OH is 1. The van der Waals surface area contributed by atoms with Crippen molar-refractivity contribution in [3.63, 3.8) is 0 Å². The summed E-state index contributed by atoms with van der Waals surface area (Å²) in [4.78, 5) is 14.7. The second kappa shape index (κ2) is 7.46. The van der Waals surface area contributed by atoms with Gasteiger partial charge >= 0.3 is 0 Å². The highest BCUT2D eigenvalue weighted by Crippen LogP contribution is 2.25. The first-order chi connectivity index (χ1) is 11.6. The average Bonchev–Trinajstić information content (AvgIpc) is 2.97. The predicted molar refractivity (Wildman–Crippen MR) is 85.6 cm³/mol. The summed E-state index contributed by atoms with van der Waals surface area (Å²) in [6.07, 6.45) is 1.52. The zero-order chi connectivity index (χ0) is 17.1. The lowest BCUT2D eigenvalue weighted by atomic mass is 10.1. The van der Waals surface area contributed by atoms with E-state index in [1.54, 1.807) is 0 Å². The maximum atomic E-state index is 13.4. The van der Waals surface area contributed by atoms with E-state index in [4.69, 9.17) is 14.6 Å². The molecule has 2 heterocycles. The molecule has 2 fully saturated rings. The van der Waals surface area contributed by atoms with E-state index >= 15 is 0 Å². The number of rotatable bonds is 5. The van der Waals surface area contributed by atoms with Crippen molar-refractivity contribution in [1.82, 2.24) is 10.2 Å². The SMILES string of the molecule is COc1cc(C(=O)N[C@H]2C[C@H]3CO[C@@H](CCO)CN3C2)ccc1F. The summed E-state index contributed by atoms with van der Waals surface area (Å²) in [7, 11) is 1.37. The lowest BCUT2D eigenvalue weighted by molar-refractivity contribution is -0.0566. The topological polar surface area (TPSA) is 71.0 Å². The van der Waals surface area contributed by atoms with Crippen LogP contribution in [0, 0.1) is 5.82 Å². The molecule has 3 rings (SSSR count). The summed E-state index contributed by atoms with van der Waals surface area (Å²) < 4.78 is 24.1. The number of nitrogens with zero attached hydrogens (tertiary/aromatic N) is 1. The molecule has 2 N–H and O–H groups in total. The van der Waals surface area contributed by atoms with Crippen LogP contribution in [0.15, 0.2) is 18.2 Å². The molecule has 0 spiro atoms. The second-order valence-corrected chi connectivity index (χ2v) is 6.33. The van der Waals surface area contributed by atoms with Gasteiger partial charge in [-0.25, -0.2) is 4.39 Å². The van der Waals surface area contributed by atoms with Gasteiger partial charge < -0.3 is 19.9 Å². The summed E-state index contributed by atoms with van der Waals surface area (Å²) in [6, 6.07) is 4.44. The third-order valence-corrected chi connectivity index (χ3v) is 4.69. The van der Waals surface area contributed by atoms with Gasteiger partial charge in [0.2, 0.25) is 0 Å². The highest BCUT2D eigenvalue weighted by atomic mass is 19.1. The van der Waals surface area contributed by atoms with Gasteiger partial charge in [0.25, 0.3) is 5.91 Å². The van der Waals surface area contributed by atoms with Crippen molar-refractivity contribution in [3.8, 4) is 5.75 Å². The Labute approximate surface area is 140 Å². The van der Waals surface area contributed by atoms with Crippen LogP contribution < -0.4 is 10.1 Å². The normalized spacial score (nSPS) is 26.9. The minimum Gasteiger partial charge on any atom is -0.494 e. The van der Waals surface area contributed by atoms with Gasteiger partial charge in [0.1, 0.15) is 0 Å². The number of hydrogen-bond acceptors (Lipinski definition) is 5. The van der Waals surface area contributed by atoms with Crippen molar-refractivity contribution in [2.24, 2.45) is 0 Å². The molecular weight excluding hydrogens is 315 g/mol. The fourth-order valence-corrected chi connectivity index (χ4v) is 3.44. The first-order valence-electron chi connectivity index (χ1n) is 8.21. The molecule has 1 aromatic rings. The van der Waals surface area contributed by atoms with Crippen molar-refractivity contribution >= 4 is 5.91 Å². The number of methoxy groups -OCH3 is 1. The van der Waals surface area contributed by atoms with E-state index in [0.29, 0.717) is 24.6 Å². The molecule has 2 saturated heterocycles. The Morgan fingerprint density at radius 3 is 3.08 bits per heavy atom. The Hall–Kier alpha value is -1.70. The summed E-state index contributed by atoms with van der Waals surface area (Å²) in [5.41, 5.74) is 0.382. The smallest absolute Gasteiger partial charge is 0.251 e. The third-order valence-electron chi connectivity index (χ3n) is 4.69. The number of amides is 1. The Morgan fingerprint density at radius 2 is 2.33 bits per heavy atom. The largest absolute Gasteiger partial charge is 0.494 e. The highest BCUT2D eigenvalue weighted by Gasteiger charge is 2.37. The minimum atomic E-state index is -0.487. The fourth-order valence-electron chi connectivity index (χ4n) is 3.44. The van der Waals surface area contributed by atoms with Crippen molar-refractivity contribution in [1.29, 1.82) is 0 Å². The van der Waals surface area contributed by atoms with Crippen LogP contribution in [0.5, 0.6) is 5.75 Å². The third kappa shape index (κ3) is 3.68. The Morgan fingerprint density at radius 1 is 1.50 bits per heavy atom. The van der Waals surface area contributed by atoms with Gasteiger partial charge in [-0.15, -0.1) is 0 Å². The lowest BCUT2D eigenvalue weighted by Gasteiger charge is -2.34. The van der Waals surface area contributed by atoms with Gasteiger partial charge in [-0.3, -0.25) is 9.69 Å². The van der Waals surface area contributed by atoms with Crippen molar-refractivity contribution in [2.45, 2.75) is 31.0 Å². The lowest BCUT2D eigenvalue weighted by Crippen LogP contribution is -2.46. The van der Waals surface area contributed by atoms with E-state index in [-0.39, 0.29) is 30.4 Å². The predicted octanol–water partition coefficient (Wildman–Crippen LogP) is 0.788. The van der Waals surface area contributed by atoms with Crippen LogP contribution in [0.4, 0.5) is 4.39 Å². The number of aliphatic hydroxyl groups is 1. The molecular formula is C17H23FN2O4. The average molecular weight is 338 g/mol. The molecule has 3 atom stereocenters. The number of fused-ring (bicyclic) bond motifs is 1. The summed E-state index contributed by atoms with van der Waals surface area (Å²) in [5, 5.41) is 12.0. The van der Waals surface area contributed by atoms with Gasteiger partial charge in [0.15, 0.2) is 11.6 Å². The van der Waals surface area contributed by atoms with Crippen LogP contribution in [-0.4, -0.2) is 67.5 Å². The number of morpholine rings is 1. The van der Waals surface area contributed by atoms with Crippen LogP contribution in [0.1, 0.15) is 23.2 Å². The molecule has 1 aromatic carbocycles. The van der Waals surface area contributed by atoms with Crippen LogP contribution in [0.25, 0.3) is 0 Å². The van der Waals surface area contributed by atoms with Gasteiger partial charge in [-0.1, -0.05) is 0 Å². The van der Waals surface area contributed by atoms with Gasteiger partial charge in [-0.2, -0.15) is 0 Å². The van der Waals surface area contributed by atoms with E-state index < -0.39 is 5.82 Å². The number of nitrogens with one attached hydrogen (secondary N) is 1. The monoisotopic (exact) mass is 338 g/mol. The summed E-state index contributed by atoms with van der Waals surface area (Å²) in [5.74, 6) is -0.656. The van der Waals surface area contributed by atoms with E-state index in [1.807, 2.05) is 0 Å². The maximum absolute atomic E-state index is 13.4. The first-order valence-corrected chi connectivity index (χ1v) is 8.21. The quantitative estimate of drug-likeness (QED) is 0.831. The van der Waals surface area contributed by atoms with Crippen LogP contribution in [0.2, 0.25) is 0 Å². The summed E-state index contributed by atoms with van der Waals surface area (Å²) >= 11 is 0. The molecule has 0 bridgehead atoms. The zero-order valence-electron chi connectivity index (χ0n) is 13.7. The van der Waals surface area contributed by atoms with E-state index in [2.05, 4.69) is 10.2 Å². The molecule has 0 radical (unpaired) electrons. The molecule has 0 unspecified atom stereocenters. The second-order valence-electron chi connectivity index (χ2n) is 6.33. The Kier molecular flexibility index (Phi) is 5.33. The Balaban J connectivity index is 1.58. The van der Waals surface area contributed by atoms with E-state index in [1.165, 1.54) is 25.3 Å². The molecule has 1 amide bonds.